The first-order valence-electron chi connectivity index (χ1n) is 12.9. The van der Waals surface area contributed by atoms with Crippen LogP contribution in [0.3, 0.4) is 0 Å². The third-order valence-electron chi connectivity index (χ3n) is 6.37. The fourth-order valence-corrected chi connectivity index (χ4v) is 3.91. The first-order valence-corrected chi connectivity index (χ1v) is 12.9. The van der Waals surface area contributed by atoms with Crippen LogP contribution in [-0.2, 0) is 11.3 Å². The van der Waals surface area contributed by atoms with Crippen LogP contribution in [0.5, 0.6) is 5.88 Å². The highest BCUT2D eigenvalue weighted by Crippen LogP contribution is 2.32. The van der Waals surface area contributed by atoms with E-state index in [1.807, 2.05) is 6.07 Å². The summed E-state index contributed by atoms with van der Waals surface area (Å²) in [5.41, 5.74) is 0.667. The summed E-state index contributed by atoms with van der Waals surface area (Å²) in [6.07, 6.45) is 7.96. The number of ether oxygens (including phenoxy) is 1. The molecular weight excluding hydrogens is 456 g/mol. The highest BCUT2D eigenvalue weighted by Gasteiger charge is 2.19. The van der Waals surface area contributed by atoms with Gasteiger partial charge in [0.15, 0.2) is 5.69 Å². The van der Waals surface area contributed by atoms with Gasteiger partial charge in [-0.3, -0.25) is 9.36 Å². The monoisotopic (exact) mass is 494 g/mol. The number of benzene rings is 1. The highest BCUT2D eigenvalue weighted by molar-refractivity contribution is 5.89. The van der Waals surface area contributed by atoms with E-state index < -0.39 is 5.56 Å². The summed E-state index contributed by atoms with van der Waals surface area (Å²) >= 11 is 0. The number of aromatic nitrogens is 1. The van der Waals surface area contributed by atoms with E-state index in [1.165, 1.54) is 4.57 Å². The van der Waals surface area contributed by atoms with Gasteiger partial charge >= 0.3 is 5.97 Å². The second-order valence-corrected chi connectivity index (χ2v) is 9.06. The van der Waals surface area contributed by atoms with Crippen LogP contribution in [0.15, 0.2) is 39.3 Å². The van der Waals surface area contributed by atoms with Crippen LogP contribution in [-0.4, -0.2) is 22.2 Å². The van der Waals surface area contributed by atoms with Crippen molar-refractivity contribution in [3.8, 4) is 11.9 Å². The van der Waals surface area contributed by atoms with Gasteiger partial charge in [-0.1, -0.05) is 59.3 Å². The third-order valence-corrected chi connectivity index (χ3v) is 6.37. The molecule has 0 bridgehead atoms. The molecule has 1 N–H and O–H groups in total. The number of pyridine rings is 1. The van der Waals surface area contributed by atoms with Crippen molar-refractivity contribution in [2.45, 2.75) is 85.6 Å². The standard InChI is InChI=1S/C28H38N4O4/c1-5-8-10-11-17-32-26(33)24(18-29)20(4)25(27(32)34)31-30-23-15-13-22(14-16-23)28(35)36-19-21(7-3)12-9-6-2/h13-16,21,34H,5-12,17,19H2,1-4H3/b31-30+. The van der Waals surface area contributed by atoms with Crippen molar-refractivity contribution >= 4 is 17.3 Å². The maximum absolute atomic E-state index is 12.7. The van der Waals surface area contributed by atoms with Gasteiger partial charge in [-0.15, -0.1) is 5.11 Å². The van der Waals surface area contributed by atoms with Crippen molar-refractivity contribution in [1.82, 2.24) is 4.57 Å². The van der Waals surface area contributed by atoms with Crippen molar-refractivity contribution in [2.75, 3.05) is 6.61 Å². The summed E-state index contributed by atoms with van der Waals surface area (Å²) in [7, 11) is 0. The zero-order chi connectivity index (χ0) is 26.5. The predicted molar refractivity (Wildman–Crippen MR) is 140 cm³/mol. The average Bonchev–Trinajstić information content (AvgIpc) is 2.88. The maximum atomic E-state index is 12.7. The molecule has 0 saturated heterocycles. The molecule has 1 unspecified atom stereocenters. The molecule has 1 aromatic heterocycles. The number of rotatable bonds is 14. The molecule has 1 heterocycles. The van der Waals surface area contributed by atoms with E-state index in [9.17, 15) is 20.0 Å². The molecule has 0 aliphatic rings. The summed E-state index contributed by atoms with van der Waals surface area (Å²) < 4.78 is 6.68. The SMILES string of the molecule is CCCCCCn1c(O)c(/N=N/c2ccc(C(=O)OCC(CC)CCCC)cc2)c(C)c(C#N)c1=O. The molecule has 1 atom stereocenters. The molecule has 8 heteroatoms. The van der Waals surface area contributed by atoms with E-state index in [-0.39, 0.29) is 28.7 Å². The normalized spacial score (nSPS) is 12.0. The lowest BCUT2D eigenvalue weighted by molar-refractivity contribution is 0.0428. The third kappa shape index (κ3) is 7.77. The number of nitriles is 1. The zero-order valence-corrected chi connectivity index (χ0v) is 21.9. The van der Waals surface area contributed by atoms with Crippen LogP contribution in [0.2, 0.25) is 0 Å². The topological polar surface area (TPSA) is 117 Å². The van der Waals surface area contributed by atoms with E-state index in [0.29, 0.717) is 36.7 Å². The molecule has 0 fully saturated rings. The Hall–Kier alpha value is -3.47. The fourth-order valence-electron chi connectivity index (χ4n) is 3.91. The van der Waals surface area contributed by atoms with Crippen LogP contribution in [0.4, 0.5) is 11.4 Å². The Morgan fingerprint density at radius 1 is 1.08 bits per heavy atom. The number of nitrogens with zero attached hydrogens (tertiary/aromatic N) is 4. The Kier molecular flexibility index (Phi) is 11.8. The van der Waals surface area contributed by atoms with Crippen molar-refractivity contribution in [1.29, 1.82) is 5.26 Å². The molecule has 0 aliphatic carbocycles. The van der Waals surface area contributed by atoms with Crippen LogP contribution < -0.4 is 5.56 Å². The summed E-state index contributed by atoms with van der Waals surface area (Å²) in [5.74, 6) is -0.313. The van der Waals surface area contributed by atoms with Gasteiger partial charge in [0.25, 0.3) is 5.56 Å². The lowest BCUT2D eigenvalue weighted by atomic mass is 10.0. The Morgan fingerprint density at radius 3 is 2.39 bits per heavy atom. The molecule has 0 amide bonds. The van der Waals surface area contributed by atoms with E-state index in [0.717, 1.165) is 44.9 Å². The first-order chi connectivity index (χ1) is 17.4. The minimum atomic E-state index is -0.522. The number of hydrogen-bond acceptors (Lipinski definition) is 7. The van der Waals surface area contributed by atoms with Crippen molar-refractivity contribution in [3.63, 3.8) is 0 Å². The first kappa shape index (κ1) is 28.8. The van der Waals surface area contributed by atoms with Gasteiger partial charge in [0, 0.05) is 12.1 Å². The number of aromatic hydroxyl groups is 1. The second-order valence-electron chi connectivity index (χ2n) is 9.06. The van der Waals surface area contributed by atoms with Crippen molar-refractivity contribution in [3.05, 3.63) is 51.3 Å². The van der Waals surface area contributed by atoms with Gasteiger partial charge < -0.3 is 9.84 Å². The lowest BCUT2D eigenvalue weighted by Crippen LogP contribution is -2.24. The minimum absolute atomic E-state index is 0.0559. The Balaban J connectivity index is 2.17. The molecule has 0 saturated carbocycles. The largest absolute Gasteiger partial charge is 0.493 e. The Morgan fingerprint density at radius 2 is 1.78 bits per heavy atom. The zero-order valence-electron chi connectivity index (χ0n) is 21.9. The van der Waals surface area contributed by atoms with Gasteiger partial charge in [-0.25, -0.2) is 4.79 Å². The molecule has 36 heavy (non-hydrogen) atoms. The summed E-state index contributed by atoms with van der Waals surface area (Å²) in [6, 6.07) is 8.43. The summed E-state index contributed by atoms with van der Waals surface area (Å²) in [6.45, 7) is 8.62. The van der Waals surface area contributed by atoms with Gasteiger partial charge in [0.1, 0.15) is 11.6 Å². The minimum Gasteiger partial charge on any atom is -0.493 e. The van der Waals surface area contributed by atoms with E-state index in [2.05, 4.69) is 31.0 Å². The van der Waals surface area contributed by atoms with Gasteiger partial charge in [0.2, 0.25) is 5.88 Å². The molecule has 1 aromatic carbocycles. The number of hydrogen-bond donors (Lipinski definition) is 1. The number of esters is 1. The summed E-state index contributed by atoms with van der Waals surface area (Å²) in [4.78, 5) is 25.1. The van der Waals surface area contributed by atoms with Crippen LogP contribution >= 0.6 is 0 Å². The summed E-state index contributed by atoms with van der Waals surface area (Å²) in [5, 5.41) is 28.5. The van der Waals surface area contributed by atoms with Crippen LogP contribution in [0, 0.1) is 24.2 Å². The number of unbranched alkanes of at least 4 members (excludes halogenated alkanes) is 4. The molecule has 0 radical (unpaired) electrons. The molecular formula is C28H38N4O4. The average molecular weight is 495 g/mol. The molecule has 0 aliphatic heterocycles. The molecule has 2 rings (SSSR count). The Bertz CT molecular complexity index is 1130. The quantitative estimate of drug-likeness (QED) is 0.171. The maximum Gasteiger partial charge on any atom is 0.338 e. The van der Waals surface area contributed by atoms with Crippen LogP contribution in [0.25, 0.3) is 0 Å². The molecule has 194 valence electrons. The molecule has 8 nitrogen and oxygen atoms in total. The van der Waals surface area contributed by atoms with E-state index in [4.69, 9.17) is 4.74 Å². The lowest BCUT2D eigenvalue weighted by Gasteiger charge is -2.14. The molecule has 2 aromatic rings. The number of azo groups is 1. The van der Waals surface area contributed by atoms with Crippen molar-refractivity contribution < 1.29 is 14.6 Å². The van der Waals surface area contributed by atoms with E-state index in [1.54, 1.807) is 31.2 Å². The number of carbonyl (C=O) groups is 1. The van der Waals surface area contributed by atoms with Gasteiger partial charge in [-0.2, -0.15) is 10.4 Å². The van der Waals surface area contributed by atoms with E-state index >= 15 is 0 Å². The number of carbonyl (C=O) groups excluding carboxylic acids is 1. The smallest absolute Gasteiger partial charge is 0.338 e. The Labute approximate surface area is 213 Å². The highest BCUT2D eigenvalue weighted by atomic mass is 16.5. The van der Waals surface area contributed by atoms with Gasteiger partial charge in [0.05, 0.1) is 17.9 Å². The van der Waals surface area contributed by atoms with Gasteiger partial charge in [-0.05, 0) is 49.9 Å². The second kappa shape index (κ2) is 14.8. The fraction of sp³-hybridized carbons (Fsp3) is 0.536. The predicted octanol–water partition coefficient (Wildman–Crippen LogP) is 7.10. The molecule has 0 spiro atoms. The van der Waals surface area contributed by atoms with Crippen molar-refractivity contribution in [2.24, 2.45) is 16.1 Å². The van der Waals surface area contributed by atoms with Crippen LogP contribution in [0.1, 0.15) is 93.6 Å².